The molecule has 1 saturated carbocycles. The van der Waals surface area contributed by atoms with Crippen LogP contribution in [-0.2, 0) is 6.42 Å². The van der Waals surface area contributed by atoms with Crippen LogP contribution in [0.3, 0.4) is 0 Å². The maximum absolute atomic E-state index is 6.16. The molecule has 1 aromatic heterocycles. The van der Waals surface area contributed by atoms with Crippen LogP contribution >= 0.6 is 0 Å². The Balaban J connectivity index is 2.07. The van der Waals surface area contributed by atoms with Crippen molar-refractivity contribution in [3.05, 3.63) is 17.5 Å². The monoisotopic (exact) mass is 163 g/mol. The molecule has 1 unspecified atom stereocenters. The zero-order chi connectivity index (χ0) is 8.18. The van der Waals surface area contributed by atoms with Crippen molar-refractivity contribution < 1.29 is 0 Å². The molecule has 1 atom stereocenters. The topological polar surface area (TPSA) is 54.7 Å². The summed E-state index contributed by atoms with van der Waals surface area (Å²) in [5.74, 6) is 0. The number of aryl methyl sites for hydroxylation is 1. The molecule has 3 N–H and O–H groups in total. The fourth-order valence-electron chi connectivity index (χ4n) is 2.36. The predicted molar refractivity (Wildman–Crippen MR) is 45.5 cm³/mol. The van der Waals surface area contributed by atoms with Gasteiger partial charge in [0.1, 0.15) is 0 Å². The van der Waals surface area contributed by atoms with Crippen LogP contribution in [-0.4, -0.2) is 10.2 Å². The average molecular weight is 163 g/mol. The van der Waals surface area contributed by atoms with E-state index in [2.05, 4.69) is 10.2 Å². The lowest BCUT2D eigenvalue weighted by Gasteiger charge is -2.27. The largest absolute Gasteiger partial charge is 0.322 e. The third kappa shape index (κ3) is 0.672. The van der Waals surface area contributed by atoms with Gasteiger partial charge in [-0.2, -0.15) is 5.10 Å². The number of rotatable bonds is 0. The number of hydrogen-bond donors (Lipinski definition) is 2. The van der Waals surface area contributed by atoms with Gasteiger partial charge >= 0.3 is 0 Å². The average Bonchev–Trinajstić information content (AvgIpc) is 2.69. The Morgan fingerprint density at radius 3 is 3.08 bits per heavy atom. The number of aromatic nitrogens is 2. The standard InChI is InChI=1S/C9H13N3/c10-8-7-6(5-11-12-7)1-2-9(8)3-4-9/h5,8H,1-4,10H2,(H,11,12). The summed E-state index contributed by atoms with van der Waals surface area (Å²) < 4.78 is 0. The minimum absolute atomic E-state index is 0.226. The number of hydrogen-bond acceptors (Lipinski definition) is 2. The highest BCUT2D eigenvalue weighted by Gasteiger charge is 2.51. The first-order valence-corrected chi connectivity index (χ1v) is 4.60. The molecule has 12 heavy (non-hydrogen) atoms. The van der Waals surface area contributed by atoms with Crippen molar-refractivity contribution >= 4 is 0 Å². The number of aromatic amines is 1. The molecular weight excluding hydrogens is 150 g/mol. The zero-order valence-electron chi connectivity index (χ0n) is 7.01. The summed E-state index contributed by atoms with van der Waals surface area (Å²) in [6, 6.07) is 0.226. The number of nitrogens with one attached hydrogen (secondary N) is 1. The van der Waals surface area contributed by atoms with Gasteiger partial charge in [0.25, 0.3) is 0 Å². The highest BCUT2D eigenvalue weighted by atomic mass is 15.1. The summed E-state index contributed by atoms with van der Waals surface area (Å²) in [7, 11) is 0. The lowest BCUT2D eigenvalue weighted by Crippen LogP contribution is -2.28. The molecule has 0 bridgehead atoms. The van der Waals surface area contributed by atoms with E-state index in [1.807, 2.05) is 6.20 Å². The molecule has 3 rings (SSSR count). The molecule has 2 aliphatic rings. The van der Waals surface area contributed by atoms with Crippen LogP contribution < -0.4 is 5.73 Å². The Morgan fingerprint density at radius 2 is 2.33 bits per heavy atom. The minimum atomic E-state index is 0.226. The summed E-state index contributed by atoms with van der Waals surface area (Å²) in [6.45, 7) is 0. The molecule has 1 fully saturated rings. The van der Waals surface area contributed by atoms with E-state index in [0.29, 0.717) is 5.41 Å². The number of fused-ring (bicyclic) bond motifs is 1. The van der Waals surface area contributed by atoms with Crippen molar-refractivity contribution in [2.75, 3.05) is 0 Å². The number of nitrogens with zero attached hydrogens (tertiary/aromatic N) is 1. The Labute approximate surface area is 71.3 Å². The Morgan fingerprint density at radius 1 is 1.50 bits per heavy atom. The van der Waals surface area contributed by atoms with E-state index in [1.54, 1.807) is 0 Å². The molecule has 3 heteroatoms. The SMILES string of the molecule is NC1c2[nH]ncc2CCC12CC2. The van der Waals surface area contributed by atoms with E-state index < -0.39 is 0 Å². The molecule has 0 aliphatic heterocycles. The number of H-pyrrole nitrogens is 1. The van der Waals surface area contributed by atoms with Crippen molar-refractivity contribution in [2.24, 2.45) is 11.1 Å². The van der Waals surface area contributed by atoms with Crippen molar-refractivity contribution in [1.29, 1.82) is 0 Å². The summed E-state index contributed by atoms with van der Waals surface area (Å²) in [6.07, 6.45) is 6.98. The summed E-state index contributed by atoms with van der Waals surface area (Å²) >= 11 is 0. The molecule has 0 aromatic carbocycles. The molecular formula is C9H13N3. The zero-order valence-corrected chi connectivity index (χ0v) is 7.01. The molecule has 1 heterocycles. The fourth-order valence-corrected chi connectivity index (χ4v) is 2.36. The fraction of sp³-hybridized carbons (Fsp3) is 0.667. The van der Waals surface area contributed by atoms with E-state index in [-0.39, 0.29) is 6.04 Å². The Bertz CT molecular complexity index is 311. The van der Waals surface area contributed by atoms with Gasteiger partial charge in [-0.15, -0.1) is 0 Å². The van der Waals surface area contributed by atoms with Gasteiger partial charge in [0, 0.05) is 0 Å². The second-order valence-corrected chi connectivity index (χ2v) is 4.15. The maximum Gasteiger partial charge on any atom is 0.0557 e. The van der Waals surface area contributed by atoms with E-state index in [4.69, 9.17) is 5.73 Å². The van der Waals surface area contributed by atoms with Gasteiger partial charge in [-0.05, 0) is 36.7 Å². The molecule has 0 radical (unpaired) electrons. The van der Waals surface area contributed by atoms with Gasteiger partial charge < -0.3 is 5.73 Å². The minimum Gasteiger partial charge on any atom is -0.322 e. The van der Waals surface area contributed by atoms with Gasteiger partial charge in [-0.3, -0.25) is 5.10 Å². The molecule has 1 aromatic rings. The molecule has 3 nitrogen and oxygen atoms in total. The second kappa shape index (κ2) is 1.91. The summed E-state index contributed by atoms with van der Waals surface area (Å²) in [5.41, 5.74) is 9.14. The molecule has 0 amide bonds. The van der Waals surface area contributed by atoms with Crippen molar-refractivity contribution in [3.8, 4) is 0 Å². The van der Waals surface area contributed by atoms with Crippen molar-refractivity contribution in [2.45, 2.75) is 31.7 Å². The van der Waals surface area contributed by atoms with Gasteiger partial charge in [-0.25, -0.2) is 0 Å². The van der Waals surface area contributed by atoms with Gasteiger partial charge in [0.15, 0.2) is 0 Å². The molecule has 64 valence electrons. The third-order valence-electron chi connectivity index (χ3n) is 3.51. The molecule has 1 spiro atoms. The highest BCUT2D eigenvalue weighted by molar-refractivity contribution is 5.28. The quantitative estimate of drug-likeness (QED) is 0.602. The van der Waals surface area contributed by atoms with Gasteiger partial charge in [-0.1, -0.05) is 0 Å². The van der Waals surface area contributed by atoms with E-state index in [1.165, 1.54) is 36.9 Å². The first kappa shape index (κ1) is 6.66. The Hall–Kier alpha value is -0.830. The maximum atomic E-state index is 6.16. The normalized spacial score (nSPS) is 30.2. The summed E-state index contributed by atoms with van der Waals surface area (Å²) in [4.78, 5) is 0. The summed E-state index contributed by atoms with van der Waals surface area (Å²) in [5, 5.41) is 7.07. The molecule has 0 saturated heterocycles. The third-order valence-corrected chi connectivity index (χ3v) is 3.51. The lowest BCUT2D eigenvalue weighted by atomic mass is 9.81. The van der Waals surface area contributed by atoms with Crippen LogP contribution in [0.4, 0.5) is 0 Å². The first-order chi connectivity index (χ1) is 5.82. The van der Waals surface area contributed by atoms with Crippen LogP contribution in [0, 0.1) is 5.41 Å². The van der Waals surface area contributed by atoms with Crippen LogP contribution in [0.1, 0.15) is 36.6 Å². The van der Waals surface area contributed by atoms with Crippen molar-refractivity contribution in [1.82, 2.24) is 10.2 Å². The lowest BCUT2D eigenvalue weighted by molar-refractivity contribution is 0.348. The smallest absolute Gasteiger partial charge is 0.0557 e. The van der Waals surface area contributed by atoms with E-state index in [9.17, 15) is 0 Å². The second-order valence-electron chi connectivity index (χ2n) is 4.15. The molecule has 2 aliphatic carbocycles. The van der Waals surface area contributed by atoms with Crippen LogP contribution in [0.25, 0.3) is 0 Å². The highest BCUT2D eigenvalue weighted by Crippen LogP contribution is 2.59. The first-order valence-electron chi connectivity index (χ1n) is 4.60. The van der Waals surface area contributed by atoms with Crippen LogP contribution in [0.5, 0.6) is 0 Å². The number of nitrogens with two attached hydrogens (primary N) is 1. The van der Waals surface area contributed by atoms with E-state index >= 15 is 0 Å². The van der Waals surface area contributed by atoms with Crippen molar-refractivity contribution in [3.63, 3.8) is 0 Å². The van der Waals surface area contributed by atoms with E-state index in [0.717, 1.165) is 0 Å². The Kier molecular flexibility index (Phi) is 1.06. The predicted octanol–water partition coefficient (Wildman–Crippen LogP) is 1.14. The van der Waals surface area contributed by atoms with Gasteiger partial charge in [0.2, 0.25) is 0 Å². The van der Waals surface area contributed by atoms with Crippen LogP contribution in [0.2, 0.25) is 0 Å². The van der Waals surface area contributed by atoms with Crippen LogP contribution in [0.15, 0.2) is 6.20 Å². The van der Waals surface area contributed by atoms with Gasteiger partial charge in [0.05, 0.1) is 17.9 Å².